The van der Waals surface area contributed by atoms with Gasteiger partial charge in [0.1, 0.15) is 11.0 Å². The lowest BCUT2D eigenvalue weighted by molar-refractivity contribution is 0.0992. The molecule has 5 heteroatoms. The predicted octanol–water partition coefficient (Wildman–Crippen LogP) is 4.06. The highest BCUT2D eigenvalue weighted by atomic mass is 79.9. The second-order valence-electron chi connectivity index (χ2n) is 3.71. The van der Waals surface area contributed by atoms with Gasteiger partial charge in [-0.1, -0.05) is 33.6 Å². The molecule has 1 aromatic carbocycles. The van der Waals surface area contributed by atoms with Gasteiger partial charge in [0.2, 0.25) is 0 Å². The zero-order valence-corrected chi connectivity index (χ0v) is 11.5. The lowest BCUT2D eigenvalue weighted by atomic mass is 10.0. The maximum Gasteiger partial charge on any atom is 0.168 e. The molecule has 0 saturated carbocycles. The maximum atomic E-state index is 12.9. The number of benzene rings is 1. The monoisotopic (exact) mass is 327 g/mol. The van der Waals surface area contributed by atoms with Gasteiger partial charge in [-0.25, -0.2) is 9.37 Å². The Morgan fingerprint density at radius 1 is 1.33 bits per heavy atom. The summed E-state index contributed by atoms with van der Waals surface area (Å²) in [6.07, 6.45) is 1.62. The largest absolute Gasteiger partial charge is 0.294 e. The van der Waals surface area contributed by atoms with Crippen LogP contribution in [-0.4, -0.2) is 10.8 Å². The first-order valence-corrected chi connectivity index (χ1v) is 6.32. The quantitative estimate of drug-likeness (QED) is 0.628. The van der Waals surface area contributed by atoms with E-state index in [1.807, 2.05) is 0 Å². The van der Waals surface area contributed by atoms with Crippen molar-refractivity contribution in [1.29, 1.82) is 0 Å². The number of halogens is 3. The van der Waals surface area contributed by atoms with Crippen LogP contribution in [0.15, 0.2) is 41.0 Å². The Kier molecular flexibility index (Phi) is 4.09. The Hall–Kier alpha value is -1.26. The lowest BCUT2D eigenvalue weighted by Crippen LogP contribution is -2.04. The third-order valence-electron chi connectivity index (χ3n) is 2.42. The molecular weight excluding hydrogens is 321 g/mol. The summed E-state index contributed by atoms with van der Waals surface area (Å²) in [5.74, 6) is -0.433. The molecule has 2 rings (SSSR count). The van der Waals surface area contributed by atoms with Crippen LogP contribution >= 0.6 is 27.5 Å². The third-order valence-corrected chi connectivity index (χ3v) is 3.38. The summed E-state index contributed by atoms with van der Waals surface area (Å²) in [5.41, 5.74) is 1.21. The number of carbonyl (C=O) groups excluding carboxylic acids is 1. The molecule has 92 valence electrons. The normalized spacial score (nSPS) is 10.4. The number of pyridine rings is 1. The van der Waals surface area contributed by atoms with E-state index >= 15 is 0 Å². The van der Waals surface area contributed by atoms with E-state index in [4.69, 9.17) is 11.6 Å². The molecule has 1 heterocycles. The Bertz CT molecular complexity index is 586. The van der Waals surface area contributed by atoms with E-state index in [1.165, 1.54) is 18.3 Å². The molecular formula is C13H8BrClFNO. The van der Waals surface area contributed by atoms with Gasteiger partial charge in [-0.2, -0.15) is 0 Å². The number of hydrogen-bond acceptors (Lipinski definition) is 2. The van der Waals surface area contributed by atoms with E-state index in [-0.39, 0.29) is 18.0 Å². The summed E-state index contributed by atoms with van der Waals surface area (Å²) in [6.45, 7) is 0. The Labute approximate surface area is 117 Å². The van der Waals surface area contributed by atoms with Gasteiger partial charge in [-0.3, -0.25) is 4.79 Å². The molecule has 2 aromatic rings. The van der Waals surface area contributed by atoms with Crippen LogP contribution < -0.4 is 0 Å². The number of nitrogens with zero attached hydrogens (tertiary/aromatic N) is 1. The van der Waals surface area contributed by atoms with Gasteiger partial charge >= 0.3 is 0 Å². The van der Waals surface area contributed by atoms with Crippen molar-refractivity contribution in [3.8, 4) is 0 Å². The highest BCUT2D eigenvalue weighted by Crippen LogP contribution is 2.20. The highest BCUT2D eigenvalue weighted by Gasteiger charge is 2.10. The van der Waals surface area contributed by atoms with E-state index in [1.54, 1.807) is 18.2 Å². The van der Waals surface area contributed by atoms with E-state index < -0.39 is 0 Å². The molecule has 0 N–H and O–H groups in total. The number of rotatable bonds is 3. The molecule has 0 amide bonds. The van der Waals surface area contributed by atoms with Crippen molar-refractivity contribution in [1.82, 2.24) is 4.98 Å². The van der Waals surface area contributed by atoms with E-state index in [0.29, 0.717) is 15.2 Å². The average molecular weight is 329 g/mol. The number of ketones is 1. The van der Waals surface area contributed by atoms with Crippen molar-refractivity contribution < 1.29 is 9.18 Å². The minimum atomic E-state index is -0.341. The number of carbonyl (C=O) groups is 1. The van der Waals surface area contributed by atoms with Crippen LogP contribution in [0.5, 0.6) is 0 Å². The summed E-state index contributed by atoms with van der Waals surface area (Å²) >= 11 is 8.88. The maximum absolute atomic E-state index is 12.9. The van der Waals surface area contributed by atoms with Gasteiger partial charge in [-0.05, 0) is 29.8 Å². The van der Waals surface area contributed by atoms with Gasteiger partial charge in [0.05, 0.1) is 0 Å². The minimum absolute atomic E-state index is 0.0912. The van der Waals surface area contributed by atoms with Crippen LogP contribution in [0.3, 0.4) is 0 Å². The molecule has 0 aliphatic heterocycles. The molecule has 0 aliphatic rings. The van der Waals surface area contributed by atoms with E-state index in [2.05, 4.69) is 20.9 Å². The first kappa shape index (κ1) is 13.2. The molecule has 0 spiro atoms. The van der Waals surface area contributed by atoms with Crippen LogP contribution in [0.1, 0.15) is 15.9 Å². The van der Waals surface area contributed by atoms with Crippen LogP contribution in [0.25, 0.3) is 0 Å². The van der Waals surface area contributed by atoms with Crippen molar-refractivity contribution in [2.24, 2.45) is 0 Å². The molecule has 0 radical (unpaired) electrons. The van der Waals surface area contributed by atoms with Crippen molar-refractivity contribution >= 4 is 33.3 Å². The smallest absolute Gasteiger partial charge is 0.168 e. The van der Waals surface area contributed by atoms with Crippen molar-refractivity contribution in [2.75, 3.05) is 0 Å². The van der Waals surface area contributed by atoms with Crippen LogP contribution in [0.4, 0.5) is 4.39 Å². The van der Waals surface area contributed by atoms with E-state index in [9.17, 15) is 9.18 Å². The third kappa shape index (κ3) is 3.15. The van der Waals surface area contributed by atoms with Crippen molar-refractivity contribution in [2.45, 2.75) is 6.42 Å². The zero-order chi connectivity index (χ0) is 13.1. The molecule has 0 fully saturated rings. The summed E-state index contributed by atoms with van der Waals surface area (Å²) in [7, 11) is 0. The van der Waals surface area contributed by atoms with Crippen LogP contribution in [-0.2, 0) is 6.42 Å². The van der Waals surface area contributed by atoms with E-state index in [0.717, 1.165) is 5.56 Å². The Morgan fingerprint density at radius 3 is 2.72 bits per heavy atom. The van der Waals surface area contributed by atoms with Gasteiger partial charge < -0.3 is 0 Å². The summed E-state index contributed by atoms with van der Waals surface area (Å²) in [5, 5.41) is 0.342. The molecule has 0 aliphatic carbocycles. The fraction of sp³-hybridized carbons (Fsp3) is 0.0769. The van der Waals surface area contributed by atoms with Gasteiger partial charge in [0.25, 0.3) is 0 Å². The van der Waals surface area contributed by atoms with Gasteiger partial charge in [0.15, 0.2) is 5.78 Å². The number of Topliss-reactive ketones (excluding diaryl/α,β-unsaturated/α-hetero) is 1. The molecule has 0 atom stereocenters. The second-order valence-corrected chi connectivity index (χ2v) is 4.95. The molecule has 2 nitrogen and oxygen atoms in total. The molecule has 0 saturated heterocycles. The Balaban J connectivity index is 2.18. The second kappa shape index (κ2) is 5.59. The fourth-order valence-electron chi connectivity index (χ4n) is 1.48. The highest BCUT2D eigenvalue weighted by molar-refractivity contribution is 9.10. The number of hydrogen-bond donors (Lipinski definition) is 0. The topological polar surface area (TPSA) is 30.0 Å². The Morgan fingerprint density at radius 2 is 2.11 bits per heavy atom. The fourth-order valence-corrected chi connectivity index (χ4v) is 2.08. The SMILES string of the molecule is O=C(Cc1ccc(F)cc1Br)c1ccc(Cl)nc1. The lowest BCUT2D eigenvalue weighted by Gasteiger charge is -2.04. The van der Waals surface area contributed by atoms with Gasteiger partial charge in [0, 0.05) is 22.7 Å². The zero-order valence-electron chi connectivity index (χ0n) is 9.16. The first-order chi connectivity index (χ1) is 8.56. The average Bonchev–Trinajstić information content (AvgIpc) is 2.33. The first-order valence-electron chi connectivity index (χ1n) is 5.15. The molecule has 0 bridgehead atoms. The van der Waals surface area contributed by atoms with Crippen LogP contribution in [0, 0.1) is 5.82 Å². The summed E-state index contributed by atoms with van der Waals surface area (Å²) in [6, 6.07) is 7.43. The molecule has 0 unspecified atom stereocenters. The summed E-state index contributed by atoms with van der Waals surface area (Å²) in [4.78, 5) is 15.8. The predicted molar refractivity (Wildman–Crippen MR) is 71.4 cm³/mol. The minimum Gasteiger partial charge on any atom is -0.294 e. The van der Waals surface area contributed by atoms with Crippen molar-refractivity contribution in [3.63, 3.8) is 0 Å². The number of aromatic nitrogens is 1. The summed E-state index contributed by atoms with van der Waals surface area (Å²) < 4.78 is 13.5. The standard InChI is InChI=1S/C13H8BrClFNO/c14-11-6-10(16)3-1-8(11)5-12(18)9-2-4-13(15)17-7-9/h1-4,6-7H,5H2. The molecule has 18 heavy (non-hydrogen) atoms. The van der Waals surface area contributed by atoms with Crippen molar-refractivity contribution in [3.05, 3.63) is 63.1 Å². The molecule has 1 aromatic heterocycles. The van der Waals surface area contributed by atoms with Crippen LogP contribution in [0.2, 0.25) is 5.15 Å². The van der Waals surface area contributed by atoms with Gasteiger partial charge in [-0.15, -0.1) is 0 Å².